The van der Waals surface area contributed by atoms with Crippen molar-refractivity contribution in [3.8, 4) is 17.2 Å². The summed E-state index contributed by atoms with van der Waals surface area (Å²) in [6.45, 7) is 2.25. The van der Waals surface area contributed by atoms with Crippen LogP contribution in [0.25, 0.3) is 6.08 Å². The van der Waals surface area contributed by atoms with E-state index >= 15 is 0 Å². The SMILES string of the molecule is COc1cc(/C=C2\SC(=O)N(CCOc3ccc(C)cc3)C2=O)cc(Cl)c1OC(=O)c1ccc(Cl)cc1. The minimum absolute atomic E-state index is 0.0302. The first-order valence-corrected chi connectivity index (χ1v) is 12.6. The fraction of sp³-hybridized carbons (Fsp3) is 0.148. The van der Waals surface area contributed by atoms with Gasteiger partial charge >= 0.3 is 5.97 Å². The third-order valence-corrected chi connectivity index (χ3v) is 6.74. The highest BCUT2D eigenvalue weighted by Gasteiger charge is 2.35. The lowest BCUT2D eigenvalue weighted by Gasteiger charge is -2.13. The molecule has 3 aromatic carbocycles. The van der Waals surface area contributed by atoms with Gasteiger partial charge < -0.3 is 14.2 Å². The Bertz CT molecular complexity index is 1370. The number of rotatable bonds is 8. The van der Waals surface area contributed by atoms with Gasteiger partial charge in [-0.2, -0.15) is 0 Å². The molecule has 1 aliphatic rings. The number of carbonyl (C=O) groups excluding carboxylic acids is 3. The fourth-order valence-electron chi connectivity index (χ4n) is 3.39. The normalized spacial score (nSPS) is 14.3. The molecular formula is C27H21Cl2NO6S. The van der Waals surface area contributed by atoms with Crippen molar-refractivity contribution in [2.75, 3.05) is 20.3 Å². The van der Waals surface area contributed by atoms with Gasteiger partial charge in [0.25, 0.3) is 11.1 Å². The molecule has 4 rings (SSSR count). The van der Waals surface area contributed by atoms with E-state index in [1.54, 1.807) is 18.2 Å². The van der Waals surface area contributed by atoms with Gasteiger partial charge in [0.15, 0.2) is 11.5 Å². The first-order chi connectivity index (χ1) is 17.7. The third-order valence-electron chi connectivity index (χ3n) is 5.30. The van der Waals surface area contributed by atoms with Crippen LogP contribution in [0.1, 0.15) is 21.5 Å². The number of thioether (sulfide) groups is 1. The van der Waals surface area contributed by atoms with Gasteiger partial charge in [-0.1, -0.05) is 40.9 Å². The van der Waals surface area contributed by atoms with E-state index in [1.807, 2.05) is 31.2 Å². The lowest BCUT2D eigenvalue weighted by atomic mass is 10.1. The molecule has 1 heterocycles. The Morgan fingerprint density at radius 1 is 1.03 bits per heavy atom. The minimum Gasteiger partial charge on any atom is -0.493 e. The van der Waals surface area contributed by atoms with Crippen molar-refractivity contribution < 1.29 is 28.6 Å². The smallest absolute Gasteiger partial charge is 0.343 e. The lowest BCUT2D eigenvalue weighted by molar-refractivity contribution is -0.123. The number of carbonyl (C=O) groups is 3. The number of hydrogen-bond donors (Lipinski definition) is 0. The maximum Gasteiger partial charge on any atom is 0.343 e. The first kappa shape index (κ1) is 26.6. The number of nitrogens with zero attached hydrogens (tertiary/aromatic N) is 1. The van der Waals surface area contributed by atoms with Crippen molar-refractivity contribution >= 4 is 58.2 Å². The Labute approximate surface area is 227 Å². The summed E-state index contributed by atoms with van der Waals surface area (Å²) in [5.41, 5.74) is 1.88. The number of hydrogen-bond acceptors (Lipinski definition) is 7. The second kappa shape index (κ2) is 11.7. The molecule has 0 atom stereocenters. The average molecular weight is 558 g/mol. The molecule has 0 saturated carbocycles. The summed E-state index contributed by atoms with van der Waals surface area (Å²) in [7, 11) is 1.40. The summed E-state index contributed by atoms with van der Waals surface area (Å²) in [6.07, 6.45) is 1.53. The third kappa shape index (κ3) is 6.46. The van der Waals surface area contributed by atoms with Crippen LogP contribution in [0.2, 0.25) is 10.0 Å². The molecule has 10 heteroatoms. The van der Waals surface area contributed by atoms with E-state index < -0.39 is 17.1 Å². The zero-order valence-electron chi connectivity index (χ0n) is 19.8. The molecule has 190 valence electrons. The highest BCUT2D eigenvalue weighted by molar-refractivity contribution is 8.18. The molecule has 0 radical (unpaired) electrons. The maximum absolute atomic E-state index is 12.9. The standard InChI is InChI=1S/C27H21Cl2NO6S/c1-16-3-9-20(10-4-16)35-12-11-30-25(31)23(37-27(30)33)15-17-13-21(29)24(22(14-17)34-2)36-26(32)18-5-7-19(28)8-6-18/h3-10,13-15H,11-12H2,1-2H3/b23-15-. The largest absolute Gasteiger partial charge is 0.493 e. The predicted octanol–water partition coefficient (Wildman–Crippen LogP) is 6.64. The van der Waals surface area contributed by atoms with Gasteiger partial charge in [-0.3, -0.25) is 14.5 Å². The minimum atomic E-state index is -0.640. The van der Waals surface area contributed by atoms with Gasteiger partial charge in [-0.25, -0.2) is 4.79 Å². The van der Waals surface area contributed by atoms with Crippen LogP contribution in [0.3, 0.4) is 0 Å². The Morgan fingerprint density at radius 3 is 2.41 bits per heavy atom. The molecule has 0 N–H and O–H groups in total. The number of halogens is 2. The second-order valence-corrected chi connectivity index (χ2v) is 9.76. The van der Waals surface area contributed by atoms with Crippen LogP contribution in [-0.2, 0) is 4.79 Å². The quantitative estimate of drug-likeness (QED) is 0.174. The van der Waals surface area contributed by atoms with Crippen molar-refractivity contribution in [2.45, 2.75) is 6.92 Å². The van der Waals surface area contributed by atoms with E-state index in [4.69, 9.17) is 37.4 Å². The van der Waals surface area contributed by atoms with Gasteiger partial charge in [0.05, 0.1) is 29.1 Å². The van der Waals surface area contributed by atoms with E-state index in [0.717, 1.165) is 22.2 Å². The summed E-state index contributed by atoms with van der Waals surface area (Å²) in [5.74, 6) is -0.199. The number of esters is 1. The molecular weight excluding hydrogens is 537 g/mol. The molecule has 1 fully saturated rings. The van der Waals surface area contributed by atoms with Gasteiger partial charge in [0, 0.05) is 5.02 Å². The average Bonchev–Trinajstić information content (AvgIpc) is 3.14. The molecule has 0 spiro atoms. The number of methoxy groups -OCH3 is 1. The van der Waals surface area contributed by atoms with Gasteiger partial charge in [-0.15, -0.1) is 0 Å². The first-order valence-electron chi connectivity index (χ1n) is 11.1. The summed E-state index contributed by atoms with van der Waals surface area (Å²) >= 11 is 13.1. The Hall–Kier alpha value is -3.46. The molecule has 1 saturated heterocycles. The summed E-state index contributed by atoms with van der Waals surface area (Å²) in [5, 5.41) is 0.189. The van der Waals surface area contributed by atoms with Crippen molar-refractivity contribution in [1.29, 1.82) is 0 Å². The van der Waals surface area contributed by atoms with Gasteiger partial charge in [0.2, 0.25) is 0 Å². The molecule has 0 aliphatic carbocycles. The second-order valence-electron chi connectivity index (χ2n) is 7.93. The Morgan fingerprint density at radius 2 is 1.73 bits per heavy atom. The molecule has 37 heavy (non-hydrogen) atoms. The van der Waals surface area contributed by atoms with Crippen LogP contribution in [0, 0.1) is 6.92 Å². The van der Waals surface area contributed by atoms with Gasteiger partial charge in [0.1, 0.15) is 12.4 Å². The number of benzene rings is 3. The summed E-state index contributed by atoms with van der Waals surface area (Å²) in [4.78, 5) is 39.2. The van der Waals surface area contributed by atoms with E-state index in [9.17, 15) is 14.4 Å². The fourth-order valence-corrected chi connectivity index (χ4v) is 4.64. The van der Waals surface area contributed by atoms with Crippen molar-refractivity contribution in [3.63, 3.8) is 0 Å². The van der Waals surface area contributed by atoms with E-state index in [2.05, 4.69) is 0 Å². The topological polar surface area (TPSA) is 82.1 Å². The van der Waals surface area contributed by atoms with E-state index in [1.165, 1.54) is 31.4 Å². The Balaban J connectivity index is 1.46. The molecule has 0 bridgehead atoms. The predicted molar refractivity (Wildman–Crippen MR) is 144 cm³/mol. The zero-order valence-corrected chi connectivity index (χ0v) is 22.2. The molecule has 3 aromatic rings. The molecule has 1 aliphatic heterocycles. The maximum atomic E-state index is 12.9. The van der Waals surface area contributed by atoms with Crippen LogP contribution in [0.5, 0.6) is 17.2 Å². The molecule has 7 nitrogen and oxygen atoms in total. The highest BCUT2D eigenvalue weighted by Crippen LogP contribution is 2.39. The van der Waals surface area contributed by atoms with Crippen LogP contribution >= 0.6 is 35.0 Å². The number of ether oxygens (including phenoxy) is 3. The molecule has 0 aromatic heterocycles. The van der Waals surface area contributed by atoms with Crippen LogP contribution in [0.15, 0.2) is 65.6 Å². The number of aryl methyl sites for hydroxylation is 1. The van der Waals surface area contributed by atoms with Crippen LogP contribution in [-0.4, -0.2) is 42.3 Å². The zero-order chi connectivity index (χ0) is 26.5. The van der Waals surface area contributed by atoms with Gasteiger partial charge in [-0.05, 0) is 78.9 Å². The lowest BCUT2D eigenvalue weighted by Crippen LogP contribution is -2.32. The highest BCUT2D eigenvalue weighted by atomic mass is 35.5. The summed E-state index contributed by atoms with van der Waals surface area (Å²) < 4.78 is 16.5. The van der Waals surface area contributed by atoms with Crippen molar-refractivity contribution in [1.82, 2.24) is 4.90 Å². The number of amides is 2. The van der Waals surface area contributed by atoms with Crippen molar-refractivity contribution in [3.05, 3.63) is 92.3 Å². The molecule has 0 unspecified atom stereocenters. The van der Waals surface area contributed by atoms with Crippen LogP contribution < -0.4 is 14.2 Å². The van der Waals surface area contributed by atoms with Crippen LogP contribution in [0.4, 0.5) is 4.79 Å². The van der Waals surface area contributed by atoms with Crippen molar-refractivity contribution in [2.24, 2.45) is 0 Å². The molecule has 2 amide bonds. The van der Waals surface area contributed by atoms with E-state index in [-0.39, 0.29) is 40.1 Å². The Kier molecular flexibility index (Phi) is 8.43. The number of imide groups is 1. The monoisotopic (exact) mass is 557 g/mol. The van der Waals surface area contributed by atoms with E-state index in [0.29, 0.717) is 16.3 Å². The summed E-state index contributed by atoms with van der Waals surface area (Å²) in [6, 6.07) is 16.8.